The van der Waals surface area contributed by atoms with Gasteiger partial charge >= 0.3 is 0 Å². The third kappa shape index (κ3) is 3.30. The van der Waals surface area contributed by atoms with Gasteiger partial charge in [-0.3, -0.25) is 10.1 Å². The van der Waals surface area contributed by atoms with Gasteiger partial charge in [0, 0.05) is 18.1 Å². The lowest BCUT2D eigenvalue weighted by Gasteiger charge is -2.40. The van der Waals surface area contributed by atoms with Gasteiger partial charge in [0.2, 0.25) is 6.29 Å². The first kappa shape index (κ1) is 15.6. The van der Waals surface area contributed by atoms with E-state index in [-0.39, 0.29) is 5.69 Å². The molecule has 0 spiro atoms. The predicted molar refractivity (Wildman–Crippen MR) is 70.6 cm³/mol. The SMILES string of the molecule is CC1[C@H](Oc2ccc([N+](=O)[O-])cc2)OC(CO)[C@@H](O)[C@@H]1O. The quantitative estimate of drug-likeness (QED) is 0.530. The van der Waals surface area contributed by atoms with Gasteiger partial charge in [0.15, 0.2) is 0 Å². The molecule has 3 N–H and O–H groups in total. The van der Waals surface area contributed by atoms with Crippen LogP contribution >= 0.6 is 0 Å². The van der Waals surface area contributed by atoms with Crippen molar-refractivity contribution in [2.45, 2.75) is 31.5 Å². The number of nitro groups is 1. The van der Waals surface area contributed by atoms with Crippen molar-refractivity contribution in [2.75, 3.05) is 6.61 Å². The van der Waals surface area contributed by atoms with Crippen LogP contribution in [-0.2, 0) is 4.74 Å². The molecule has 2 unspecified atom stereocenters. The monoisotopic (exact) mass is 299 g/mol. The van der Waals surface area contributed by atoms with Crippen molar-refractivity contribution in [2.24, 2.45) is 5.92 Å². The van der Waals surface area contributed by atoms with E-state index in [2.05, 4.69) is 0 Å². The summed E-state index contributed by atoms with van der Waals surface area (Å²) < 4.78 is 10.9. The van der Waals surface area contributed by atoms with E-state index in [0.717, 1.165) is 0 Å². The second kappa shape index (κ2) is 6.35. The lowest BCUT2D eigenvalue weighted by molar-refractivity contribution is -0.384. The number of non-ortho nitro benzene ring substituents is 1. The van der Waals surface area contributed by atoms with Gasteiger partial charge in [0.25, 0.3) is 5.69 Å². The van der Waals surface area contributed by atoms with Crippen molar-refractivity contribution in [3.8, 4) is 5.75 Å². The predicted octanol–water partition coefficient (Wildman–Crippen LogP) is 0.0487. The Morgan fingerprint density at radius 2 is 1.90 bits per heavy atom. The highest BCUT2D eigenvalue weighted by molar-refractivity contribution is 5.36. The van der Waals surface area contributed by atoms with E-state index in [4.69, 9.17) is 14.6 Å². The normalized spacial score (nSPS) is 32.7. The second-order valence-electron chi connectivity index (χ2n) is 4.93. The van der Waals surface area contributed by atoms with Crippen LogP contribution in [0.3, 0.4) is 0 Å². The van der Waals surface area contributed by atoms with Crippen LogP contribution in [0.25, 0.3) is 0 Å². The standard InChI is InChI=1S/C13H17NO7/c1-7-11(16)12(17)10(6-15)21-13(7)20-9-4-2-8(3-5-9)14(18)19/h2-5,7,10-13,15-17H,6H2,1H3/t7?,10?,11-,12-,13-/m1/s1. The molecule has 1 aromatic carbocycles. The van der Waals surface area contributed by atoms with E-state index in [9.17, 15) is 20.3 Å². The largest absolute Gasteiger partial charge is 0.465 e. The van der Waals surface area contributed by atoms with E-state index in [1.54, 1.807) is 6.92 Å². The van der Waals surface area contributed by atoms with Crippen molar-refractivity contribution >= 4 is 5.69 Å². The summed E-state index contributed by atoms with van der Waals surface area (Å²) >= 11 is 0. The first-order chi connectivity index (χ1) is 9.93. The van der Waals surface area contributed by atoms with Crippen molar-refractivity contribution in [1.29, 1.82) is 0 Å². The Morgan fingerprint density at radius 1 is 1.29 bits per heavy atom. The minimum atomic E-state index is -1.19. The zero-order valence-corrected chi connectivity index (χ0v) is 11.3. The lowest BCUT2D eigenvalue weighted by atomic mass is 9.92. The van der Waals surface area contributed by atoms with Crippen LogP contribution in [-0.4, -0.2) is 51.5 Å². The highest BCUT2D eigenvalue weighted by atomic mass is 16.7. The molecule has 1 aromatic rings. The molecule has 21 heavy (non-hydrogen) atoms. The number of aliphatic hydroxyl groups is 3. The topological polar surface area (TPSA) is 122 Å². The first-order valence-electron chi connectivity index (χ1n) is 6.47. The minimum absolute atomic E-state index is 0.0661. The molecular weight excluding hydrogens is 282 g/mol. The molecule has 8 heteroatoms. The van der Waals surface area contributed by atoms with Crippen LogP contribution in [0.5, 0.6) is 5.75 Å². The maximum Gasteiger partial charge on any atom is 0.269 e. The summed E-state index contributed by atoms with van der Waals surface area (Å²) in [5, 5.41) is 39.3. The van der Waals surface area contributed by atoms with Crippen molar-refractivity contribution in [3.63, 3.8) is 0 Å². The average molecular weight is 299 g/mol. The molecule has 1 saturated heterocycles. The van der Waals surface area contributed by atoms with Crippen LogP contribution in [0.1, 0.15) is 6.92 Å². The van der Waals surface area contributed by atoms with Crippen molar-refractivity contribution in [1.82, 2.24) is 0 Å². The molecule has 0 aromatic heterocycles. The maximum atomic E-state index is 10.6. The zero-order valence-electron chi connectivity index (χ0n) is 11.3. The number of nitrogens with zero attached hydrogens (tertiary/aromatic N) is 1. The number of nitro benzene ring substituents is 1. The van der Waals surface area contributed by atoms with E-state index in [1.165, 1.54) is 24.3 Å². The average Bonchev–Trinajstić information content (AvgIpc) is 2.48. The van der Waals surface area contributed by atoms with E-state index in [1.807, 2.05) is 0 Å². The van der Waals surface area contributed by atoms with Gasteiger partial charge in [-0.1, -0.05) is 6.92 Å². The summed E-state index contributed by atoms with van der Waals surface area (Å²) in [5.74, 6) is -0.198. The highest BCUT2D eigenvalue weighted by Crippen LogP contribution is 2.28. The molecular formula is C13H17NO7. The molecule has 2 rings (SSSR count). The Hall–Kier alpha value is -1.74. The Balaban J connectivity index is 2.08. The van der Waals surface area contributed by atoms with Crippen LogP contribution in [0.4, 0.5) is 5.69 Å². The minimum Gasteiger partial charge on any atom is -0.465 e. The van der Waals surface area contributed by atoms with Crippen molar-refractivity contribution < 1.29 is 29.7 Å². The number of benzene rings is 1. The lowest BCUT2D eigenvalue weighted by Crippen LogP contribution is -2.56. The molecule has 8 nitrogen and oxygen atoms in total. The van der Waals surface area contributed by atoms with Gasteiger partial charge in [-0.2, -0.15) is 0 Å². The summed E-state index contributed by atoms with van der Waals surface area (Å²) in [5.41, 5.74) is -0.0661. The van der Waals surface area contributed by atoms with E-state index in [0.29, 0.717) is 5.75 Å². The summed E-state index contributed by atoms with van der Waals surface area (Å²) in [7, 11) is 0. The molecule has 1 aliphatic rings. The van der Waals surface area contributed by atoms with E-state index >= 15 is 0 Å². The van der Waals surface area contributed by atoms with Gasteiger partial charge < -0.3 is 24.8 Å². The van der Waals surface area contributed by atoms with E-state index < -0.39 is 42.1 Å². The third-order valence-electron chi connectivity index (χ3n) is 3.49. The second-order valence-corrected chi connectivity index (χ2v) is 4.93. The van der Waals surface area contributed by atoms with Gasteiger partial charge in [0.05, 0.1) is 17.6 Å². The third-order valence-corrected chi connectivity index (χ3v) is 3.49. The first-order valence-corrected chi connectivity index (χ1v) is 6.47. The highest BCUT2D eigenvalue weighted by Gasteiger charge is 2.43. The fourth-order valence-corrected chi connectivity index (χ4v) is 2.14. The molecule has 0 saturated carbocycles. The Labute approximate surface area is 120 Å². The van der Waals surface area contributed by atoms with Crippen molar-refractivity contribution in [3.05, 3.63) is 34.4 Å². The number of rotatable bonds is 4. The van der Waals surface area contributed by atoms with Crippen LogP contribution in [0.2, 0.25) is 0 Å². The summed E-state index contributed by atoms with van der Waals surface area (Å²) in [6, 6.07) is 5.41. The smallest absolute Gasteiger partial charge is 0.269 e. The number of aliphatic hydroxyl groups excluding tert-OH is 3. The number of ether oxygens (including phenoxy) is 2. The number of hydrogen-bond donors (Lipinski definition) is 3. The fourth-order valence-electron chi connectivity index (χ4n) is 2.14. The molecule has 1 fully saturated rings. The van der Waals surface area contributed by atoms with Gasteiger partial charge in [-0.05, 0) is 12.1 Å². The molecule has 1 heterocycles. The molecule has 1 aliphatic heterocycles. The summed E-state index contributed by atoms with van der Waals surface area (Å²) in [6.07, 6.45) is -4.11. The number of hydrogen-bond acceptors (Lipinski definition) is 7. The van der Waals surface area contributed by atoms with Gasteiger partial charge in [-0.15, -0.1) is 0 Å². The summed E-state index contributed by atoms with van der Waals surface area (Å²) in [4.78, 5) is 10.0. The Kier molecular flexibility index (Phi) is 4.73. The molecule has 0 radical (unpaired) electrons. The van der Waals surface area contributed by atoms with Crippen LogP contribution in [0, 0.1) is 16.0 Å². The molecule has 0 amide bonds. The molecule has 116 valence electrons. The summed E-state index contributed by atoms with van der Waals surface area (Å²) in [6.45, 7) is 1.18. The van der Waals surface area contributed by atoms with Crippen LogP contribution < -0.4 is 4.74 Å². The van der Waals surface area contributed by atoms with Gasteiger partial charge in [0.1, 0.15) is 18.0 Å². The molecule has 0 aliphatic carbocycles. The molecule has 0 bridgehead atoms. The fraction of sp³-hybridized carbons (Fsp3) is 0.538. The van der Waals surface area contributed by atoms with Crippen LogP contribution in [0.15, 0.2) is 24.3 Å². The maximum absolute atomic E-state index is 10.6. The Morgan fingerprint density at radius 3 is 2.43 bits per heavy atom. The van der Waals surface area contributed by atoms with Gasteiger partial charge in [-0.25, -0.2) is 0 Å². The molecule has 5 atom stereocenters. The zero-order chi connectivity index (χ0) is 15.6. The Bertz CT molecular complexity index is 490.